The molecule has 1 saturated heterocycles. The topological polar surface area (TPSA) is 92.2 Å². The van der Waals surface area contributed by atoms with E-state index >= 15 is 0 Å². The highest BCUT2D eigenvalue weighted by atomic mass is 32.1. The molecule has 1 fully saturated rings. The Kier molecular flexibility index (Phi) is 4.97. The smallest absolute Gasteiger partial charge is 0.319 e. The lowest BCUT2D eigenvalue weighted by atomic mass is 9.74. The number of aryl methyl sites for hydroxylation is 2. The van der Waals surface area contributed by atoms with E-state index in [2.05, 4.69) is 20.7 Å². The van der Waals surface area contributed by atoms with E-state index in [1.165, 1.54) is 17.7 Å². The second-order valence-electron chi connectivity index (χ2n) is 8.24. The van der Waals surface area contributed by atoms with Gasteiger partial charge in [-0.2, -0.15) is 5.10 Å². The van der Waals surface area contributed by atoms with Gasteiger partial charge in [0.2, 0.25) is 0 Å². The molecule has 0 bridgehead atoms. The van der Waals surface area contributed by atoms with Gasteiger partial charge < -0.3 is 15.5 Å². The molecule has 3 aromatic rings. The van der Waals surface area contributed by atoms with Crippen molar-refractivity contribution in [2.75, 3.05) is 18.4 Å². The molecule has 1 spiro atoms. The molecule has 3 amide bonds. The number of aromatic nitrogens is 3. The summed E-state index contributed by atoms with van der Waals surface area (Å²) < 4.78 is 1.85. The van der Waals surface area contributed by atoms with Crippen LogP contribution in [0.15, 0.2) is 48.8 Å². The number of nitrogens with zero attached hydrogens (tertiary/aromatic N) is 4. The number of carbonyl (C=O) groups is 2. The molecule has 2 N–H and O–H groups in total. The van der Waals surface area contributed by atoms with E-state index < -0.39 is 0 Å². The minimum atomic E-state index is -0.324. The fourth-order valence-electron chi connectivity index (χ4n) is 4.67. The first-order valence-electron chi connectivity index (χ1n) is 10.4. The molecule has 31 heavy (non-hydrogen) atoms. The first-order valence-corrected chi connectivity index (χ1v) is 11.2. The minimum Gasteiger partial charge on any atom is -0.337 e. The van der Waals surface area contributed by atoms with E-state index in [-0.39, 0.29) is 23.4 Å². The quantitative estimate of drug-likeness (QED) is 0.658. The largest absolute Gasteiger partial charge is 0.337 e. The molecular formula is C22H24N6O2S. The number of amides is 3. The average molecular weight is 437 g/mol. The molecule has 1 aromatic carbocycles. The number of hydrogen-bond donors (Lipinski definition) is 2. The lowest BCUT2D eigenvalue weighted by Crippen LogP contribution is -2.49. The summed E-state index contributed by atoms with van der Waals surface area (Å²) >= 11 is 1.52. The van der Waals surface area contributed by atoms with E-state index in [0.717, 1.165) is 40.7 Å². The SMILES string of the molecule is Cc1ccc(C(=O)N2CC[C@@]3(CCn4ncnc4[C@H]3NC(=O)Nc3ccccc3)C2)s1. The van der Waals surface area contributed by atoms with Crippen LogP contribution in [-0.2, 0) is 6.54 Å². The number of fused-ring (bicyclic) bond motifs is 1. The van der Waals surface area contributed by atoms with Crippen molar-refractivity contribution >= 4 is 29.0 Å². The van der Waals surface area contributed by atoms with Crippen molar-refractivity contribution in [3.8, 4) is 0 Å². The highest BCUT2D eigenvalue weighted by Crippen LogP contribution is 2.47. The van der Waals surface area contributed by atoms with Crippen LogP contribution in [0.5, 0.6) is 0 Å². The van der Waals surface area contributed by atoms with Crippen LogP contribution in [0.25, 0.3) is 0 Å². The molecule has 2 atom stereocenters. The van der Waals surface area contributed by atoms with Gasteiger partial charge in [-0.25, -0.2) is 14.5 Å². The van der Waals surface area contributed by atoms with Gasteiger partial charge in [-0.15, -0.1) is 11.3 Å². The van der Waals surface area contributed by atoms with Gasteiger partial charge >= 0.3 is 6.03 Å². The van der Waals surface area contributed by atoms with E-state index in [1.54, 1.807) is 0 Å². The first-order chi connectivity index (χ1) is 15.0. The highest BCUT2D eigenvalue weighted by molar-refractivity contribution is 7.13. The Morgan fingerprint density at radius 1 is 1.13 bits per heavy atom. The molecule has 5 rings (SSSR count). The van der Waals surface area contributed by atoms with Gasteiger partial charge in [0.1, 0.15) is 12.2 Å². The Morgan fingerprint density at radius 2 is 1.94 bits per heavy atom. The maximum Gasteiger partial charge on any atom is 0.319 e. The molecule has 2 aromatic heterocycles. The minimum absolute atomic E-state index is 0.0644. The molecule has 4 heterocycles. The maximum absolute atomic E-state index is 13.1. The summed E-state index contributed by atoms with van der Waals surface area (Å²) in [5.74, 6) is 0.810. The lowest BCUT2D eigenvalue weighted by molar-refractivity contribution is 0.0739. The molecule has 0 aliphatic carbocycles. The van der Waals surface area contributed by atoms with Gasteiger partial charge in [-0.05, 0) is 44.0 Å². The predicted octanol–water partition coefficient (Wildman–Crippen LogP) is 3.45. The number of likely N-dealkylation sites (tertiary alicyclic amines) is 1. The summed E-state index contributed by atoms with van der Waals surface area (Å²) in [6, 6.07) is 12.6. The summed E-state index contributed by atoms with van der Waals surface area (Å²) in [7, 11) is 0. The standard InChI is InChI=1S/C22H24N6O2S/c1-15-7-8-17(31-15)20(29)27-11-9-22(13-27)10-12-28-19(23-14-24-28)18(22)26-21(30)25-16-5-3-2-4-6-16/h2-8,14,18H,9-13H2,1H3,(H2,25,26,30)/t18-,22-/m1/s1. The lowest BCUT2D eigenvalue weighted by Gasteiger charge is -2.40. The van der Waals surface area contributed by atoms with Gasteiger partial charge in [0, 0.05) is 35.6 Å². The van der Waals surface area contributed by atoms with Gasteiger partial charge in [-0.1, -0.05) is 18.2 Å². The number of anilines is 1. The maximum atomic E-state index is 13.1. The Balaban J connectivity index is 1.38. The second kappa shape index (κ2) is 7.81. The molecule has 160 valence electrons. The summed E-state index contributed by atoms with van der Waals surface area (Å²) in [5.41, 5.74) is 0.460. The number of hydrogen-bond acceptors (Lipinski definition) is 5. The van der Waals surface area contributed by atoms with Crippen molar-refractivity contribution in [1.82, 2.24) is 25.0 Å². The van der Waals surface area contributed by atoms with Gasteiger partial charge in [-0.3, -0.25) is 4.79 Å². The van der Waals surface area contributed by atoms with Crippen LogP contribution < -0.4 is 10.6 Å². The summed E-state index contributed by atoms with van der Waals surface area (Å²) in [6.07, 6.45) is 3.17. The van der Waals surface area contributed by atoms with Crippen LogP contribution in [0.4, 0.5) is 10.5 Å². The molecule has 0 saturated carbocycles. The van der Waals surface area contributed by atoms with Crippen molar-refractivity contribution in [3.63, 3.8) is 0 Å². The highest BCUT2D eigenvalue weighted by Gasteiger charge is 2.51. The number of carbonyl (C=O) groups excluding carboxylic acids is 2. The van der Waals surface area contributed by atoms with Gasteiger partial charge in [0.25, 0.3) is 5.91 Å². The third-order valence-electron chi connectivity index (χ3n) is 6.27. The van der Waals surface area contributed by atoms with Crippen molar-refractivity contribution < 1.29 is 9.59 Å². The molecule has 2 aliphatic rings. The number of nitrogens with one attached hydrogen (secondary N) is 2. The van der Waals surface area contributed by atoms with E-state index in [4.69, 9.17) is 0 Å². The summed E-state index contributed by atoms with van der Waals surface area (Å²) in [6.45, 7) is 3.99. The number of benzene rings is 1. The normalized spacial score (nSPS) is 22.4. The Hall–Kier alpha value is -3.20. The molecule has 2 aliphatic heterocycles. The Labute approximate surface area is 184 Å². The van der Waals surface area contributed by atoms with Gasteiger partial charge in [0.15, 0.2) is 0 Å². The molecule has 0 unspecified atom stereocenters. The van der Waals surface area contributed by atoms with Crippen molar-refractivity contribution in [2.24, 2.45) is 5.41 Å². The van der Waals surface area contributed by atoms with E-state index in [0.29, 0.717) is 13.1 Å². The second-order valence-corrected chi connectivity index (χ2v) is 9.53. The zero-order valence-electron chi connectivity index (χ0n) is 17.2. The fourth-order valence-corrected chi connectivity index (χ4v) is 5.50. The predicted molar refractivity (Wildman–Crippen MR) is 118 cm³/mol. The van der Waals surface area contributed by atoms with E-state index in [9.17, 15) is 9.59 Å². The molecule has 9 heteroatoms. The number of thiophene rings is 1. The van der Waals surface area contributed by atoms with Crippen LogP contribution in [0.1, 0.15) is 39.3 Å². The molecule has 0 radical (unpaired) electrons. The van der Waals surface area contributed by atoms with Crippen molar-refractivity contribution in [2.45, 2.75) is 32.4 Å². The summed E-state index contributed by atoms with van der Waals surface area (Å²) in [4.78, 5) is 34.2. The number of para-hydroxylation sites is 1. The Bertz CT molecular complexity index is 1110. The third-order valence-corrected chi connectivity index (χ3v) is 7.26. The van der Waals surface area contributed by atoms with Crippen molar-refractivity contribution in [3.05, 3.63) is 64.4 Å². The first kappa shape index (κ1) is 19.7. The molecular weight excluding hydrogens is 412 g/mol. The Morgan fingerprint density at radius 3 is 2.71 bits per heavy atom. The average Bonchev–Trinajstić information content (AvgIpc) is 3.51. The van der Waals surface area contributed by atoms with E-state index in [1.807, 2.05) is 59.0 Å². The monoisotopic (exact) mass is 436 g/mol. The van der Waals surface area contributed by atoms with Crippen molar-refractivity contribution in [1.29, 1.82) is 0 Å². The molecule has 8 nitrogen and oxygen atoms in total. The van der Waals surface area contributed by atoms with Gasteiger partial charge in [0.05, 0.1) is 10.9 Å². The third kappa shape index (κ3) is 3.69. The van der Waals surface area contributed by atoms with Crippen LogP contribution in [-0.4, -0.2) is 44.7 Å². The van der Waals surface area contributed by atoms with Crippen LogP contribution in [0.3, 0.4) is 0 Å². The number of rotatable bonds is 3. The fraction of sp³-hybridized carbons (Fsp3) is 0.364. The van der Waals surface area contributed by atoms with Crippen LogP contribution in [0.2, 0.25) is 0 Å². The zero-order chi connectivity index (χ0) is 21.4. The van der Waals surface area contributed by atoms with Crippen LogP contribution >= 0.6 is 11.3 Å². The summed E-state index contributed by atoms with van der Waals surface area (Å²) in [5, 5.41) is 10.3. The van der Waals surface area contributed by atoms with Crippen LogP contribution in [0, 0.1) is 12.3 Å². The number of urea groups is 1. The zero-order valence-corrected chi connectivity index (χ0v) is 18.1.